The van der Waals surface area contributed by atoms with Crippen molar-refractivity contribution in [2.24, 2.45) is 5.92 Å². The Morgan fingerprint density at radius 2 is 2.08 bits per heavy atom. The molecule has 1 aromatic carbocycles. The van der Waals surface area contributed by atoms with Gasteiger partial charge in [-0.25, -0.2) is 4.79 Å². The van der Waals surface area contributed by atoms with Gasteiger partial charge in [-0.15, -0.1) is 0 Å². The van der Waals surface area contributed by atoms with E-state index < -0.39 is 0 Å². The van der Waals surface area contributed by atoms with Crippen LogP contribution in [0.15, 0.2) is 18.2 Å². The molecule has 0 aromatic heterocycles. The Morgan fingerprint density at radius 3 is 2.79 bits per heavy atom. The molecule has 1 aromatic rings. The van der Waals surface area contributed by atoms with Gasteiger partial charge in [0, 0.05) is 31.5 Å². The monoisotopic (exact) mass is 329 g/mol. The Bertz CT molecular complexity index is 639. The van der Waals surface area contributed by atoms with Crippen molar-refractivity contribution in [3.05, 3.63) is 34.9 Å². The number of hydrogen-bond acceptors (Lipinski definition) is 2. The van der Waals surface area contributed by atoms with Gasteiger partial charge in [0.15, 0.2) is 0 Å². The molecule has 1 heterocycles. The van der Waals surface area contributed by atoms with Crippen molar-refractivity contribution < 1.29 is 9.59 Å². The second-order valence-corrected chi connectivity index (χ2v) is 7.21. The molecule has 1 aliphatic carbocycles. The fourth-order valence-electron chi connectivity index (χ4n) is 3.49. The zero-order valence-electron chi connectivity index (χ0n) is 14.8. The molecular formula is C19H27N3O2. The van der Waals surface area contributed by atoms with Crippen LogP contribution in [0.25, 0.3) is 0 Å². The molecule has 1 saturated heterocycles. The highest BCUT2D eigenvalue weighted by Gasteiger charge is 2.39. The Labute approximate surface area is 143 Å². The van der Waals surface area contributed by atoms with E-state index in [1.807, 2.05) is 17.9 Å². The third-order valence-electron chi connectivity index (χ3n) is 5.24. The molecule has 5 nitrogen and oxygen atoms in total. The maximum Gasteiger partial charge on any atom is 0.315 e. The number of hydrogen-bond donors (Lipinski definition) is 2. The van der Waals surface area contributed by atoms with E-state index in [0.717, 1.165) is 24.9 Å². The van der Waals surface area contributed by atoms with E-state index in [2.05, 4.69) is 36.6 Å². The van der Waals surface area contributed by atoms with Gasteiger partial charge in [0.2, 0.25) is 5.91 Å². The standard InChI is InChI=1S/C19H27N3O2/c1-12-5-4-6-17(13(12)2)14(3)21-19(24)20-10-15-9-18(23)22(11-15)16-7-8-16/h4-6,14-16H,7-11H2,1-3H3,(H2,20,21,24). The summed E-state index contributed by atoms with van der Waals surface area (Å²) in [5.74, 6) is 0.480. The van der Waals surface area contributed by atoms with E-state index >= 15 is 0 Å². The first-order valence-electron chi connectivity index (χ1n) is 8.85. The predicted molar refractivity (Wildman–Crippen MR) is 93.7 cm³/mol. The summed E-state index contributed by atoms with van der Waals surface area (Å²) in [6.07, 6.45) is 2.84. The maximum absolute atomic E-state index is 12.2. The van der Waals surface area contributed by atoms with E-state index in [1.165, 1.54) is 11.1 Å². The van der Waals surface area contributed by atoms with Crippen LogP contribution >= 0.6 is 0 Å². The van der Waals surface area contributed by atoms with E-state index in [9.17, 15) is 9.59 Å². The number of benzene rings is 1. The molecule has 2 N–H and O–H groups in total. The van der Waals surface area contributed by atoms with E-state index in [0.29, 0.717) is 19.0 Å². The summed E-state index contributed by atoms with van der Waals surface area (Å²) in [4.78, 5) is 26.1. The van der Waals surface area contributed by atoms with Crippen LogP contribution in [0.2, 0.25) is 0 Å². The van der Waals surface area contributed by atoms with Crippen LogP contribution in [0, 0.1) is 19.8 Å². The number of nitrogens with zero attached hydrogens (tertiary/aromatic N) is 1. The topological polar surface area (TPSA) is 61.4 Å². The van der Waals surface area contributed by atoms with Gasteiger partial charge in [0.1, 0.15) is 0 Å². The maximum atomic E-state index is 12.2. The fraction of sp³-hybridized carbons (Fsp3) is 0.579. The van der Waals surface area contributed by atoms with Gasteiger partial charge in [0.25, 0.3) is 0 Å². The lowest BCUT2D eigenvalue weighted by Crippen LogP contribution is -2.40. The molecule has 24 heavy (non-hydrogen) atoms. The van der Waals surface area contributed by atoms with E-state index in [1.54, 1.807) is 0 Å². The van der Waals surface area contributed by atoms with Crippen LogP contribution in [-0.2, 0) is 4.79 Å². The van der Waals surface area contributed by atoms with E-state index in [-0.39, 0.29) is 23.9 Å². The van der Waals surface area contributed by atoms with Crippen LogP contribution in [-0.4, -0.2) is 36.0 Å². The summed E-state index contributed by atoms with van der Waals surface area (Å²) in [6, 6.07) is 6.41. The summed E-state index contributed by atoms with van der Waals surface area (Å²) in [6.45, 7) is 7.50. The van der Waals surface area contributed by atoms with Gasteiger partial charge in [-0.2, -0.15) is 0 Å². The molecule has 2 fully saturated rings. The molecule has 130 valence electrons. The van der Waals surface area contributed by atoms with Crippen molar-refractivity contribution in [2.75, 3.05) is 13.1 Å². The average molecular weight is 329 g/mol. The van der Waals surface area contributed by atoms with Crippen LogP contribution in [0.3, 0.4) is 0 Å². The zero-order valence-corrected chi connectivity index (χ0v) is 14.8. The lowest BCUT2D eigenvalue weighted by atomic mass is 9.98. The molecule has 3 rings (SSSR count). The van der Waals surface area contributed by atoms with Crippen molar-refractivity contribution in [2.45, 2.75) is 52.1 Å². The summed E-state index contributed by atoms with van der Waals surface area (Å²) >= 11 is 0. The molecule has 0 bridgehead atoms. The smallest absolute Gasteiger partial charge is 0.315 e. The van der Waals surface area contributed by atoms with Crippen LogP contribution in [0.1, 0.15) is 48.9 Å². The highest BCUT2D eigenvalue weighted by Crippen LogP contribution is 2.32. The van der Waals surface area contributed by atoms with Crippen molar-refractivity contribution in [1.29, 1.82) is 0 Å². The minimum absolute atomic E-state index is 0.0435. The van der Waals surface area contributed by atoms with Crippen LogP contribution in [0.5, 0.6) is 0 Å². The highest BCUT2D eigenvalue weighted by atomic mass is 16.2. The minimum atomic E-state index is -0.166. The van der Waals surface area contributed by atoms with Gasteiger partial charge in [0.05, 0.1) is 6.04 Å². The zero-order chi connectivity index (χ0) is 17.3. The Balaban J connectivity index is 1.47. The predicted octanol–water partition coefficient (Wildman–Crippen LogP) is 2.67. The quantitative estimate of drug-likeness (QED) is 0.872. The third kappa shape index (κ3) is 3.71. The fourth-order valence-corrected chi connectivity index (χ4v) is 3.49. The number of aryl methyl sites for hydroxylation is 1. The van der Waals surface area contributed by atoms with Crippen LogP contribution in [0.4, 0.5) is 4.79 Å². The molecule has 5 heteroatoms. The number of rotatable bonds is 5. The molecule has 0 radical (unpaired) electrons. The third-order valence-corrected chi connectivity index (χ3v) is 5.24. The molecule has 1 saturated carbocycles. The van der Waals surface area contributed by atoms with Gasteiger partial charge >= 0.3 is 6.03 Å². The van der Waals surface area contributed by atoms with Gasteiger partial charge < -0.3 is 15.5 Å². The normalized spacial score (nSPS) is 21.7. The second kappa shape index (κ2) is 6.83. The Morgan fingerprint density at radius 1 is 1.33 bits per heavy atom. The number of amides is 3. The van der Waals surface area contributed by atoms with Gasteiger partial charge in [-0.05, 0) is 50.3 Å². The molecule has 2 unspecified atom stereocenters. The molecule has 1 aliphatic heterocycles. The first kappa shape index (κ1) is 16.8. The SMILES string of the molecule is Cc1cccc(C(C)NC(=O)NCC2CC(=O)N(C3CC3)C2)c1C. The molecule has 3 amide bonds. The lowest BCUT2D eigenvalue weighted by Gasteiger charge is -2.19. The van der Waals surface area contributed by atoms with E-state index in [4.69, 9.17) is 0 Å². The number of nitrogens with one attached hydrogen (secondary N) is 2. The summed E-state index contributed by atoms with van der Waals surface area (Å²) in [5.41, 5.74) is 3.58. The van der Waals surface area contributed by atoms with Crippen molar-refractivity contribution >= 4 is 11.9 Å². The van der Waals surface area contributed by atoms with Crippen molar-refractivity contribution in [1.82, 2.24) is 15.5 Å². The highest BCUT2D eigenvalue weighted by molar-refractivity contribution is 5.79. The summed E-state index contributed by atoms with van der Waals surface area (Å²) in [5, 5.41) is 5.93. The molecule has 2 atom stereocenters. The van der Waals surface area contributed by atoms with Crippen LogP contribution < -0.4 is 10.6 Å². The number of urea groups is 1. The number of likely N-dealkylation sites (tertiary alicyclic amines) is 1. The second-order valence-electron chi connectivity index (χ2n) is 7.21. The lowest BCUT2D eigenvalue weighted by molar-refractivity contribution is -0.128. The molecule has 2 aliphatic rings. The summed E-state index contributed by atoms with van der Waals surface area (Å²) in [7, 11) is 0. The first-order chi connectivity index (χ1) is 11.5. The summed E-state index contributed by atoms with van der Waals surface area (Å²) < 4.78 is 0. The van der Waals surface area contributed by atoms with Crippen molar-refractivity contribution in [3.63, 3.8) is 0 Å². The Hall–Kier alpha value is -2.04. The first-order valence-corrected chi connectivity index (χ1v) is 8.85. The number of carbonyl (C=O) groups is 2. The molecule has 0 spiro atoms. The van der Waals surface area contributed by atoms with Crippen molar-refractivity contribution in [3.8, 4) is 0 Å². The minimum Gasteiger partial charge on any atom is -0.339 e. The average Bonchev–Trinajstić information content (AvgIpc) is 3.31. The Kier molecular flexibility index (Phi) is 4.78. The van der Waals surface area contributed by atoms with Gasteiger partial charge in [-0.1, -0.05) is 18.2 Å². The molecular weight excluding hydrogens is 302 g/mol. The largest absolute Gasteiger partial charge is 0.339 e. The number of carbonyl (C=O) groups excluding carboxylic acids is 2. The van der Waals surface area contributed by atoms with Gasteiger partial charge in [-0.3, -0.25) is 4.79 Å².